The molecule has 0 aliphatic rings. The molecule has 4 nitrogen and oxygen atoms in total. The molecule has 0 aromatic rings. The highest BCUT2D eigenvalue weighted by Crippen LogP contribution is 2.20. The minimum absolute atomic E-state index is 0.743. The maximum absolute atomic E-state index is 6.16. The van der Waals surface area contributed by atoms with Gasteiger partial charge in [-0.1, -0.05) is 34.6 Å². The minimum atomic E-state index is -2.50. The van der Waals surface area contributed by atoms with E-state index in [4.69, 9.17) is 13.3 Å². The largest absolute Gasteiger partial charge is 0.501 e. The summed E-state index contributed by atoms with van der Waals surface area (Å²) in [4.78, 5) is 2.55. The van der Waals surface area contributed by atoms with Crippen LogP contribution in [0.2, 0.25) is 6.04 Å². The molecule has 140 valence electrons. The smallest absolute Gasteiger partial charge is 0.373 e. The average Bonchev–Trinajstić information content (AvgIpc) is 2.56. The Labute approximate surface area is 146 Å². The van der Waals surface area contributed by atoms with E-state index < -0.39 is 8.80 Å². The van der Waals surface area contributed by atoms with E-state index in [0.717, 1.165) is 58.1 Å². The summed E-state index contributed by atoms with van der Waals surface area (Å²) >= 11 is 0. The summed E-state index contributed by atoms with van der Waals surface area (Å²) in [6.07, 6.45) is 6.57. The molecule has 0 aliphatic carbocycles. The van der Waals surface area contributed by atoms with Crippen molar-refractivity contribution in [2.45, 2.75) is 79.2 Å². The summed E-state index contributed by atoms with van der Waals surface area (Å²) in [7, 11) is -2.50. The predicted octanol–water partition coefficient (Wildman–Crippen LogP) is 4.72. The summed E-state index contributed by atoms with van der Waals surface area (Å²) in [5.41, 5.74) is 0. The summed E-state index contributed by atoms with van der Waals surface area (Å²) < 4.78 is 18.5. The van der Waals surface area contributed by atoms with E-state index in [1.165, 1.54) is 25.9 Å². The van der Waals surface area contributed by atoms with E-state index in [-0.39, 0.29) is 0 Å². The Morgan fingerprint density at radius 2 is 1.04 bits per heavy atom. The molecule has 0 aliphatic heterocycles. The summed E-state index contributed by atoms with van der Waals surface area (Å²) in [6, 6.07) is 0.941. The fraction of sp³-hybridized carbons (Fsp3) is 1.00. The Hall–Kier alpha value is 0.0569. The maximum Gasteiger partial charge on any atom is 0.501 e. The van der Waals surface area contributed by atoms with Gasteiger partial charge in [0.25, 0.3) is 0 Å². The average molecular weight is 348 g/mol. The third-order valence-electron chi connectivity index (χ3n) is 3.62. The quantitative estimate of drug-likeness (QED) is 0.356. The van der Waals surface area contributed by atoms with Crippen molar-refractivity contribution in [2.75, 3.05) is 39.5 Å². The first-order valence-corrected chi connectivity index (χ1v) is 11.7. The van der Waals surface area contributed by atoms with Crippen LogP contribution in [0.3, 0.4) is 0 Å². The number of hydrogen-bond donors (Lipinski definition) is 0. The van der Waals surface area contributed by atoms with Crippen molar-refractivity contribution in [1.82, 2.24) is 4.90 Å². The second-order valence-electron chi connectivity index (χ2n) is 6.17. The molecule has 0 spiro atoms. The molecule has 0 aromatic carbocycles. The lowest BCUT2D eigenvalue weighted by atomic mass is 10.3. The van der Waals surface area contributed by atoms with Gasteiger partial charge in [0.1, 0.15) is 0 Å². The van der Waals surface area contributed by atoms with Crippen LogP contribution in [0.5, 0.6) is 0 Å². The van der Waals surface area contributed by atoms with Crippen LogP contribution in [-0.2, 0) is 13.3 Å². The Morgan fingerprint density at radius 1 is 0.609 bits per heavy atom. The summed E-state index contributed by atoms with van der Waals surface area (Å²) in [6.45, 7) is 16.6. The van der Waals surface area contributed by atoms with Crippen molar-refractivity contribution in [1.29, 1.82) is 0 Å². The van der Waals surface area contributed by atoms with E-state index in [2.05, 4.69) is 39.5 Å². The second-order valence-corrected chi connectivity index (χ2v) is 8.91. The summed E-state index contributed by atoms with van der Waals surface area (Å²) in [5.74, 6) is 0. The van der Waals surface area contributed by atoms with Crippen molar-refractivity contribution in [3.63, 3.8) is 0 Å². The molecule has 0 saturated heterocycles. The molecule has 0 bridgehead atoms. The van der Waals surface area contributed by atoms with Crippen molar-refractivity contribution in [2.24, 2.45) is 0 Å². The van der Waals surface area contributed by atoms with Gasteiger partial charge in [0.05, 0.1) is 0 Å². The first kappa shape index (κ1) is 23.1. The fourth-order valence-corrected chi connectivity index (χ4v) is 5.42. The predicted molar refractivity (Wildman–Crippen MR) is 101 cm³/mol. The van der Waals surface area contributed by atoms with Gasteiger partial charge in [-0.2, -0.15) is 0 Å². The van der Waals surface area contributed by atoms with E-state index in [9.17, 15) is 0 Å². The standard InChI is InChI=1S/C18H41NO3Si/c1-6-12-19(13-7-2)14-11-18-23(20-15-8-3,21-16-9-4)22-17-10-5/h6-18H2,1-5H3. The van der Waals surface area contributed by atoms with Gasteiger partial charge in [0.15, 0.2) is 0 Å². The molecule has 0 amide bonds. The van der Waals surface area contributed by atoms with Crippen molar-refractivity contribution >= 4 is 8.80 Å². The van der Waals surface area contributed by atoms with Gasteiger partial charge in [0.2, 0.25) is 0 Å². The van der Waals surface area contributed by atoms with Crippen LogP contribution in [0.25, 0.3) is 0 Å². The number of hydrogen-bond acceptors (Lipinski definition) is 4. The van der Waals surface area contributed by atoms with Crippen LogP contribution >= 0.6 is 0 Å². The minimum Gasteiger partial charge on any atom is -0.373 e. The van der Waals surface area contributed by atoms with Gasteiger partial charge >= 0.3 is 8.80 Å². The molecule has 0 unspecified atom stereocenters. The monoisotopic (exact) mass is 347 g/mol. The third-order valence-corrected chi connectivity index (χ3v) is 6.51. The van der Waals surface area contributed by atoms with Gasteiger partial charge in [0, 0.05) is 25.9 Å². The van der Waals surface area contributed by atoms with Gasteiger partial charge in [-0.15, -0.1) is 0 Å². The Kier molecular flexibility index (Phi) is 15.6. The lowest BCUT2D eigenvalue weighted by molar-refractivity contribution is 0.0580. The Bertz CT molecular complexity index is 227. The van der Waals surface area contributed by atoms with Gasteiger partial charge in [-0.25, -0.2) is 0 Å². The zero-order chi connectivity index (χ0) is 17.4. The molecule has 0 heterocycles. The number of nitrogens with zero attached hydrogens (tertiary/aromatic N) is 1. The van der Waals surface area contributed by atoms with E-state index >= 15 is 0 Å². The zero-order valence-corrected chi connectivity index (χ0v) is 17.4. The fourth-order valence-electron chi connectivity index (χ4n) is 2.60. The summed E-state index contributed by atoms with van der Waals surface area (Å²) in [5, 5.41) is 0. The van der Waals surface area contributed by atoms with Gasteiger partial charge in [-0.3, -0.25) is 0 Å². The van der Waals surface area contributed by atoms with Crippen molar-refractivity contribution in [3.8, 4) is 0 Å². The lowest BCUT2D eigenvalue weighted by Crippen LogP contribution is -2.47. The topological polar surface area (TPSA) is 30.9 Å². The molecule has 5 heteroatoms. The molecule has 23 heavy (non-hydrogen) atoms. The van der Waals surface area contributed by atoms with Crippen LogP contribution in [0.4, 0.5) is 0 Å². The van der Waals surface area contributed by atoms with Crippen LogP contribution in [0.15, 0.2) is 0 Å². The van der Waals surface area contributed by atoms with Crippen LogP contribution in [0.1, 0.15) is 73.1 Å². The number of rotatable bonds is 17. The molecular formula is C18H41NO3Si. The Balaban J connectivity index is 4.60. The molecule has 0 radical (unpaired) electrons. The highest BCUT2D eigenvalue weighted by Gasteiger charge is 2.40. The molecule has 0 rings (SSSR count). The Morgan fingerprint density at radius 3 is 1.39 bits per heavy atom. The van der Waals surface area contributed by atoms with Crippen LogP contribution < -0.4 is 0 Å². The zero-order valence-electron chi connectivity index (χ0n) is 16.4. The molecule has 0 fully saturated rings. The van der Waals surface area contributed by atoms with E-state index in [1.807, 2.05) is 0 Å². The second kappa shape index (κ2) is 15.6. The van der Waals surface area contributed by atoms with Crippen molar-refractivity contribution in [3.05, 3.63) is 0 Å². The van der Waals surface area contributed by atoms with Gasteiger partial charge in [-0.05, 0) is 58.2 Å². The van der Waals surface area contributed by atoms with Crippen LogP contribution in [0, 0.1) is 0 Å². The highest BCUT2D eigenvalue weighted by atomic mass is 28.4. The molecule has 0 atom stereocenters. The van der Waals surface area contributed by atoms with Crippen molar-refractivity contribution < 1.29 is 13.3 Å². The van der Waals surface area contributed by atoms with E-state index in [0.29, 0.717) is 0 Å². The first-order valence-electron chi connectivity index (χ1n) is 9.82. The first-order chi connectivity index (χ1) is 11.2. The maximum atomic E-state index is 6.16. The van der Waals surface area contributed by atoms with Gasteiger partial charge < -0.3 is 18.2 Å². The normalized spacial score (nSPS) is 12.3. The van der Waals surface area contributed by atoms with E-state index in [1.54, 1.807) is 0 Å². The van der Waals surface area contributed by atoms with Crippen LogP contribution in [-0.4, -0.2) is 53.2 Å². The molecule has 0 aromatic heterocycles. The SMILES string of the molecule is CCCO[Si](CCCN(CCC)CCC)(OCCC)OCCC. The highest BCUT2D eigenvalue weighted by molar-refractivity contribution is 6.60. The molecule has 0 saturated carbocycles. The third kappa shape index (κ3) is 11.3. The lowest BCUT2D eigenvalue weighted by Gasteiger charge is -2.30. The molecule has 0 N–H and O–H groups in total. The molecular weight excluding hydrogens is 306 g/mol.